The van der Waals surface area contributed by atoms with Crippen LogP contribution < -0.4 is 9.47 Å². The van der Waals surface area contributed by atoms with Gasteiger partial charge in [-0.25, -0.2) is 8.42 Å². The summed E-state index contributed by atoms with van der Waals surface area (Å²) in [4.78, 5) is 18.1. The number of nitrogens with zero attached hydrogens (tertiary/aromatic N) is 2. The van der Waals surface area contributed by atoms with E-state index in [0.717, 1.165) is 22.7 Å². The summed E-state index contributed by atoms with van der Waals surface area (Å²) in [6.07, 6.45) is 0.594. The zero-order valence-corrected chi connectivity index (χ0v) is 21.1. The van der Waals surface area contributed by atoms with Gasteiger partial charge in [0.15, 0.2) is 11.5 Å². The maximum absolute atomic E-state index is 13.3. The lowest BCUT2D eigenvalue weighted by molar-refractivity contribution is -0.120. The van der Waals surface area contributed by atoms with Crippen molar-refractivity contribution < 1.29 is 34.3 Å². The molecule has 1 aliphatic heterocycles. The molecule has 1 aliphatic carbocycles. The number of aliphatic hydroxyl groups is 2. The molecule has 5 rings (SSSR count). The fourth-order valence-corrected chi connectivity index (χ4v) is 5.76. The lowest BCUT2D eigenvalue weighted by Crippen LogP contribution is -2.35. The van der Waals surface area contributed by atoms with Crippen LogP contribution in [0.15, 0.2) is 65.6 Å². The molecule has 2 N–H and O–H groups in total. The van der Waals surface area contributed by atoms with Crippen molar-refractivity contribution in [2.45, 2.75) is 35.7 Å². The summed E-state index contributed by atoms with van der Waals surface area (Å²) in [5.74, 6) is 1.46. The third-order valence-electron chi connectivity index (χ3n) is 6.89. The number of carbonyl (C=O) groups is 1. The first-order valence-corrected chi connectivity index (χ1v) is 13.4. The van der Waals surface area contributed by atoms with E-state index in [-0.39, 0.29) is 31.9 Å². The Kier molecular flexibility index (Phi) is 6.76. The molecule has 37 heavy (non-hydrogen) atoms. The second kappa shape index (κ2) is 9.86. The van der Waals surface area contributed by atoms with Gasteiger partial charge in [0.25, 0.3) is 0 Å². The fourth-order valence-electron chi connectivity index (χ4n) is 4.55. The van der Waals surface area contributed by atoms with E-state index in [1.54, 1.807) is 12.1 Å². The number of Topliss-reactive ketones (excluding diaryl/α,β-unsaturated/α-hetero) is 1. The Morgan fingerprint density at radius 3 is 2.54 bits per heavy atom. The number of hydrogen-bond donors (Lipinski definition) is 2. The summed E-state index contributed by atoms with van der Waals surface area (Å²) in [7, 11) is -2.48. The monoisotopic (exact) mass is 526 g/mol. The largest absolute Gasteiger partial charge is 0.454 e. The van der Waals surface area contributed by atoms with Crippen LogP contribution in [0.4, 0.5) is 0 Å². The number of rotatable bonds is 10. The minimum Gasteiger partial charge on any atom is -0.454 e. The van der Waals surface area contributed by atoms with Crippen LogP contribution in [0, 0.1) is 0 Å². The summed E-state index contributed by atoms with van der Waals surface area (Å²) >= 11 is 0. The Hall–Kier alpha value is -3.31. The summed E-state index contributed by atoms with van der Waals surface area (Å²) in [5, 5.41) is 18.6. The maximum Gasteiger partial charge on any atom is 0.242 e. The average molecular weight is 527 g/mol. The van der Waals surface area contributed by atoms with Crippen LogP contribution in [0.25, 0.3) is 11.3 Å². The maximum atomic E-state index is 13.3. The van der Waals surface area contributed by atoms with Gasteiger partial charge in [0.1, 0.15) is 5.78 Å². The molecule has 1 unspecified atom stereocenters. The van der Waals surface area contributed by atoms with Crippen LogP contribution >= 0.6 is 0 Å². The van der Waals surface area contributed by atoms with E-state index in [1.165, 1.54) is 19.2 Å². The second-order valence-electron chi connectivity index (χ2n) is 9.41. The lowest BCUT2D eigenvalue weighted by Gasteiger charge is -2.19. The van der Waals surface area contributed by atoms with Gasteiger partial charge >= 0.3 is 0 Å². The van der Waals surface area contributed by atoms with Crippen LogP contribution in [0.1, 0.15) is 25.5 Å². The van der Waals surface area contributed by atoms with Gasteiger partial charge in [-0.1, -0.05) is 24.3 Å². The van der Waals surface area contributed by atoms with Gasteiger partial charge in [-0.2, -0.15) is 4.31 Å². The van der Waals surface area contributed by atoms with Crippen molar-refractivity contribution in [3.8, 4) is 22.8 Å². The molecule has 2 aliphatic rings. The van der Waals surface area contributed by atoms with Crippen LogP contribution in [-0.2, 0) is 26.7 Å². The summed E-state index contributed by atoms with van der Waals surface area (Å²) in [5.41, 5.74) is 2.40. The van der Waals surface area contributed by atoms with Gasteiger partial charge in [0.05, 0.1) is 28.7 Å². The van der Waals surface area contributed by atoms with E-state index in [9.17, 15) is 18.3 Å². The van der Waals surface area contributed by atoms with E-state index in [2.05, 4.69) is 4.98 Å². The van der Waals surface area contributed by atoms with Crippen molar-refractivity contribution in [3.63, 3.8) is 0 Å². The zero-order chi connectivity index (χ0) is 26.2. The molecule has 0 amide bonds. The van der Waals surface area contributed by atoms with Crippen LogP contribution in [0.2, 0.25) is 0 Å². The number of aromatic nitrogens is 1. The number of sulfonamides is 1. The smallest absolute Gasteiger partial charge is 0.242 e. The molecular formula is C27H30N2O7S. The molecule has 0 radical (unpaired) electrons. The average Bonchev–Trinajstić information content (AvgIpc) is 3.59. The van der Waals surface area contributed by atoms with Gasteiger partial charge in [0.2, 0.25) is 16.8 Å². The zero-order valence-electron chi connectivity index (χ0n) is 20.3. The third kappa shape index (κ3) is 4.97. The van der Waals surface area contributed by atoms with E-state index in [0.29, 0.717) is 28.5 Å². The molecule has 2 aromatic carbocycles. The Balaban J connectivity index is 0.00000336. The minimum absolute atomic E-state index is 0. The Bertz CT molecular complexity index is 1430. The molecule has 0 spiro atoms. The van der Waals surface area contributed by atoms with Gasteiger partial charge in [-0.05, 0) is 54.8 Å². The van der Waals surface area contributed by atoms with E-state index in [1.807, 2.05) is 36.4 Å². The molecule has 1 saturated carbocycles. The first-order chi connectivity index (χ1) is 17.7. The number of fused-ring (bicyclic) bond motifs is 1. The van der Waals surface area contributed by atoms with Crippen molar-refractivity contribution in [1.29, 1.82) is 0 Å². The number of ether oxygens (including phenoxy) is 2. The van der Waals surface area contributed by atoms with E-state index >= 15 is 0 Å². The molecule has 0 bridgehead atoms. The Morgan fingerprint density at radius 1 is 1.11 bits per heavy atom. The number of ketones is 1. The molecule has 0 saturated heterocycles. The van der Waals surface area contributed by atoms with Gasteiger partial charge < -0.3 is 19.7 Å². The predicted octanol–water partition coefficient (Wildman–Crippen LogP) is 2.54. The highest BCUT2D eigenvalue weighted by Gasteiger charge is 2.51. The normalized spacial score (nSPS) is 16.5. The number of benzene rings is 2. The van der Waals surface area contributed by atoms with E-state index < -0.39 is 28.1 Å². The molecular weight excluding hydrogens is 496 g/mol. The first-order valence-electron chi connectivity index (χ1n) is 12.0. The molecule has 3 aromatic rings. The second-order valence-corrected chi connectivity index (χ2v) is 11.5. The number of likely N-dealkylation sites (N-methyl/N-ethyl adjacent to an activating group) is 1. The summed E-state index contributed by atoms with van der Waals surface area (Å²) in [6.45, 7) is -0.556. The molecule has 9 nitrogen and oxygen atoms in total. The first kappa shape index (κ1) is 25.3. The molecule has 2 heterocycles. The highest BCUT2D eigenvalue weighted by molar-refractivity contribution is 7.89. The van der Waals surface area contributed by atoms with Crippen molar-refractivity contribution >= 4 is 15.8 Å². The minimum atomic E-state index is -3.83. The highest BCUT2D eigenvalue weighted by Crippen LogP contribution is 2.51. The number of hydrogen-bond acceptors (Lipinski definition) is 8. The number of pyridine rings is 1. The van der Waals surface area contributed by atoms with Crippen LogP contribution in [0.5, 0.6) is 11.5 Å². The number of carbonyl (C=O) groups excluding carboxylic acids is 1. The fraction of sp³-hybridized carbons (Fsp3) is 0.333. The van der Waals surface area contributed by atoms with Gasteiger partial charge in [-0.3, -0.25) is 9.78 Å². The molecule has 1 aromatic heterocycles. The number of aliphatic hydroxyl groups excluding tert-OH is 2. The van der Waals surface area contributed by atoms with Crippen molar-refractivity contribution in [2.75, 3.05) is 27.0 Å². The quantitative estimate of drug-likeness (QED) is 0.413. The molecule has 1 fully saturated rings. The topological polar surface area (TPSA) is 126 Å². The van der Waals surface area contributed by atoms with Crippen LogP contribution in [-0.4, -0.2) is 66.8 Å². The molecule has 1 atom stereocenters. The Labute approximate surface area is 216 Å². The van der Waals surface area contributed by atoms with Gasteiger partial charge in [-0.15, -0.1) is 0 Å². The standard InChI is InChI=1S/C27H28N2O7S.H2/c1-29(15-21(31)16-30)37(33,34)22-8-5-18(6-9-22)23-4-2-3-20(28-23)14-26(32)27(11-12-27)19-7-10-24-25(13-19)36-17-35-24;/h2-10,13,21,30-31H,11-12,14-17H2,1H3;1H. The predicted molar refractivity (Wildman–Crippen MR) is 137 cm³/mol. The lowest BCUT2D eigenvalue weighted by atomic mass is 9.88. The van der Waals surface area contributed by atoms with Crippen LogP contribution in [0.3, 0.4) is 0 Å². The molecule has 10 heteroatoms. The van der Waals surface area contributed by atoms with Crippen molar-refractivity contribution in [3.05, 3.63) is 71.9 Å². The van der Waals surface area contributed by atoms with Crippen molar-refractivity contribution in [2.24, 2.45) is 0 Å². The summed E-state index contributed by atoms with van der Waals surface area (Å²) in [6, 6.07) is 17.4. The van der Waals surface area contributed by atoms with Crippen molar-refractivity contribution in [1.82, 2.24) is 9.29 Å². The third-order valence-corrected chi connectivity index (χ3v) is 8.73. The molecule has 196 valence electrons. The summed E-state index contributed by atoms with van der Waals surface area (Å²) < 4.78 is 37.4. The Morgan fingerprint density at radius 2 is 1.84 bits per heavy atom. The van der Waals surface area contributed by atoms with E-state index in [4.69, 9.17) is 14.6 Å². The highest BCUT2D eigenvalue weighted by atomic mass is 32.2. The SMILES string of the molecule is CN(CC(O)CO)S(=O)(=O)c1ccc(-c2cccc(CC(=O)C3(c4ccc5c(c4)OCO5)CC3)n2)cc1.[HH]. The van der Waals surface area contributed by atoms with Gasteiger partial charge in [0, 0.05) is 32.7 Å².